The molecule has 2 aromatic carbocycles. The molecule has 0 fully saturated rings. The van der Waals surface area contributed by atoms with Crippen LogP contribution < -0.4 is 9.47 Å². The second-order valence-corrected chi connectivity index (χ2v) is 6.66. The molecule has 0 radical (unpaired) electrons. The number of nitrogens with zero attached hydrogens (tertiary/aromatic N) is 1. The second-order valence-electron chi connectivity index (χ2n) is 6.66. The van der Waals surface area contributed by atoms with Gasteiger partial charge >= 0.3 is 0 Å². The average molecular weight is 355 g/mol. The minimum absolute atomic E-state index is 0.214. The van der Waals surface area contributed by atoms with Crippen LogP contribution in [0.5, 0.6) is 11.5 Å². The van der Waals surface area contributed by atoms with Gasteiger partial charge in [0.25, 0.3) is 0 Å². The van der Waals surface area contributed by atoms with Crippen LogP contribution in [0.2, 0.25) is 0 Å². The monoisotopic (exact) mass is 355 g/mol. The Balaban J connectivity index is 1.38. The number of rotatable bonds is 4. The molecule has 0 aliphatic carbocycles. The quantitative estimate of drug-likeness (QED) is 0.913. The van der Waals surface area contributed by atoms with Crippen molar-refractivity contribution >= 4 is 5.57 Å². The van der Waals surface area contributed by atoms with E-state index in [1.807, 2.05) is 30.3 Å². The fraction of sp³-hybridized carbons (Fsp3) is 0.333. The van der Waals surface area contributed by atoms with E-state index in [1.165, 1.54) is 17.7 Å². The molecule has 0 spiro atoms. The van der Waals surface area contributed by atoms with Crippen LogP contribution >= 0.6 is 0 Å². The average Bonchev–Trinajstić information content (AvgIpc) is 2.69. The molecule has 0 amide bonds. The fourth-order valence-electron chi connectivity index (χ4n) is 3.42. The summed E-state index contributed by atoms with van der Waals surface area (Å²) >= 11 is 0. The SMILES string of the molecule is O[C@@H](CN1CC=C(c2ccc(F)cc2)CC1)c1ccc2c(c1)OCCO2. The van der Waals surface area contributed by atoms with Gasteiger partial charge in [-0.3, -0.25) is 4.90 Å². The maximum Gasteiger partial charge on any atom is 0.161 e. The lowest BCUT2D eigenvalue weighted by molar-refractivity contribution is 0.118. The zero-order valence-corrected chi connectivity index (χ0v) is 14.5. The molecule has 2 aliphatic heterocycles. The Morgan fingerprint density at radius 3 is 2.54 bits per heavy atom. The Labute approximate surface area is 152 Å². The highest BCUT2D eigenvalue weighted by molar-refractivity contribution is 5.66. The molecule has 2 aliphatic rings. The molecule has 26 heavy (non-hydrogen) atoms. The number of aliphatic hydroxyl groups excluding tert-OH is 1. The van der Waals surface area contributed by atoms with Crippen LogP contribution in [0.3, 0.4) is 0 Å². The molecule has 0 saturated carbocycles. The Morgan fingerprint density at radius 2 is 1.81 bits per heavy atom. The lowest BCUT2D eigenvalue weighted by Gasteiger charge is -2.29. The van der Waals surface area contributed by atoms with Crippen LogP contribution in [-0.4, -0.2) is 42.9 Å². The van der Waals surface area contributed by atoms with E-state index in [0.29, 0.717) is 25.5 Å². The topological polar surface area (TPSA) is 41.9 Å². The summed E-state index contributed by atoms with van der Waals surface area (Å²) in [5.74, 6) is 1.22. The van der Waals surface area contributed by atoms with E-state index in [0.717, 1.165) is 36.4 Å². The van der Waals surface area contributed by atoms with E-state index in [1.54, 1.807) is 0 Å². The van der Waals surface area contributed by atoms with E-state index < -0.39 is 6.10 Å². The third kappa shape index (κ3) is 3.74. The van der Waals surface area contributed by atoms with Gasteiger partial charge in [-0.1, -0.05) is 24.3 Å². The van der Waals surface area contributed by atoms with Gasteiger partial charge < -0.3 is 14.6 Å². The number of ether oxygens (including phenoxy) is 2. The lowest BCUT2D eigenvalue weighted by atomic mass is 9.99. The molecule has 0 aromatic heterocycles. The molecule has 5 heteroatoms. The van der Waals surface area contributed by atoms with Crippen molar-refractivity contribution in [1.82, 2.24) is 4.90 Å². The van der Waals surface area contributed by atoms with E-state index in [-0.39, 0.29) is 5.82 Å². The number of β-amino-alcohol motifs (C(OH)–C–C–N with tert-alkyl or cyclic N) is 1. The Bertz CT molecular complexity index is 803. The van der Waals surface area contributed by atoms with Crippen molar-refractivity contribution in [2.24, 2.45) is 0 Å². The van der Waals surface area contributed by atoms with E-state index in [2.05, 4.69) is 11.0 Å². The molecule has 0 unspecified atom stereocenters. The third-order valence-electron chi connectivity index (χ3n) is 4.89. The third-order valence-corrected chi connectivity index (χ3v) is 4.89. The minimum Gasteiger partial charge on any atom is -0.486 e. The van der Waals surface area contributed by atoms with Crippen LogP contribution in [-0.2, 0) is 0 Å². The Kier molecular flexibility index (Phi) is 4.91. The van der Waals surface area contributed by atoms with Crippen molar-refractivity contribution in [3.8, 4) is 11.5 Å². The van der Waals surface area contributed by atoms with Crippen molar-refractivity contribution in [2.45, 2.75) is 12.5 Å². The number of aliphatic hydroxyl groups is 1. The summed E-state index contributed by atoms with van der Waals surface area (Å²) in [6.07, 6.45) is 2.47. The first-order chi connectivity index (χ1) is 12.7. The molecule has 2 heterocycles. The molecular formula is C21H22FNO3. The van der Waals surface area contributed by atoms with Gasteiger partial charge in [0.15, 0.2) is 11.5 Å². The maximum atomic E-state index is 13.1. The molecule has 1 N–H and O–H groups in total. The zero-order valence-electron chi connectivity index (χ0n) is 14.5. The molecule has 0 saturated heterocycles. The summed E-state index contributed by atoms with van der Waals surface area (Å²) in [4.78, 5) is 2.22. The highest BCUT2D eigenvalue weighted by Gasteiger charge is 2.19. The zero-order chi connectivity index (χ0) is 17.9. The fourth-order valence-corrected chi connectivity index (χ4v) is 3.42. The first kappa shape index (κ1) is 17.1. The van der Waals surface area contributed by atoms with Crippen molar-refractivity contribution in [1.29, 1.82) is 0 Å². The first-order valence-electron chi connectivity index (χ1n) is 8.94. The lowest BCUT2D eigenvalue weighted by Crippen LogP contribution is -2.32. The minimum atomic E-state index is -0.577. The standard InChI is InChI=1S/C21H22FNO3/c22-18-4-1-15(2-5-18)16-7-9-23(10-8-16)14-19(24)17-3-6-20-21(13-17)26-12-11-25-20/h1-7,13,19,24H,8-12,14H2/t19-/m0/s1. The molecule has 4 rings (SSSR count). The van der Waals surface area contributed by atoms with Gasteiger partial charge in [-0.2, -0.15) is 0 Å². The highest BCUT2D eigenvalue weighted by atomic mass is 19.1. The Hall–Kier alpha value is -2.37. The van der Waals surface area contributed by atoms with E-state index in [9.17, 15) is 9.50 Å². The van der Waals surface area contributed by atoms with Crippen molar-refractivity contribution in [3.05, 3.63) is 65.5 Å². The predicted molar refractivity (Wildman–Crippen MR) is 97.8 cm³/mol. The van der Waals surface area contributed by atoms with Crippen LogP contribution in [0, 0.1) is 5.82 Å². The van der Waals surface area contributed by atoms with E-state index in [4.69, 9.17) is 9.47 Å². The normalized spacial score (nSPS) is 18.3. The van der Waals surface area contributed by atoms with Crippen LogP contribution in [0.15, 0.2) is 48.5 Å². The van der Waals surface area contributed by atoms with Gasteiger partial charge in [0.1, 0.15) is 19.0 Å². The van der Waals surface area contributed by atoms with Crippen molar-refractivity contribution in [3.63, 3.8) is 0 Å². The summed E-state index contributed by atoms with van der Waals surface area (Å²) in [5, 5.41) is 10.6. The molecule has 1 atom stereocenters. The maximum absolute atomic E-state index is 13.1. The summed E-state index contributed by atoms with van der Waals surface area (Å²) in [7, 11) is 0. The van der Waals surface area contributed by atoms with Crippen molar-refractivity contribution in [2.75, 3.05) is 32.8 Å². The summed E-state index contributed by atoms with van der Waals surface area (Å²) in [5.41, 5.74) is 3.14. The number of hydrogen-bond donors (Lipinski definition) is 1. The second kappa shape index (κ2) is 7.48. The van der Waals surface area contributed by atoms with Gasteiger partial charge in [0.2, 0.25) is 0 Å². The van der Waals surface area contributed by atoms with E-state index >= 15 is 0 Å². The van der Waals surface area contributed by atoms with Gasteiger partial charge in [-0.05, 0) is 47.4 Å². The predicted octanol–water partition coefficient (Wildman–Crippen LogP) is 3.42. The molecule has 136 valence electrons. The summed E-state index contributed by atoms with van der Waals surface area (Å²) in [6.45, 7) is 3.30. The van der Waals surface area contributed by atoms with Gasteiger partial charge in [0, 0.05) is 19.6 Å². The highest BCUT2D eigenvalue weighted by Crippen LogP contribution is 2.33. The number of hydrogen-bond acceptors (Lipinski definition) is 4. The number of fused-ring (bicyclic) bond motifs is 1. The molecule has 0 bridgehead atoms. The van der Waals surface area contributed by atoms with Crippen LogP contribution in [0.4, 0.5) is 4.39 Å². The van der Waals surface area contributed by atoms with Gasteiger partial charge in [0.05, 0.1) is 6.10 Å². The number of benzene rings is 2. The van der Waals surface area contributed by atoms with Gasteiger partial charge in [-0.15, -0.1) is 0 Å². The molecule has 4 nitrogen and oxygen atoms in total. The smallest absolute Gasteiger partial charge is 0.161 e. The number of halogens is 1. The van der Waals surface area contributed by atoms with Crippen LogP contribution in [0.1, 0.15) is 23.7 Å². The molecular weight excluding hydrogens is 333 g/mol. The first-order valence-corrected chi connectivity index (χ1v) is 8.94. The Morgan fingerprint density at radius 1 is 1.04 bits per heavy atom. The largest absolute Gasteiger partial charge is 0.486 e. The van der Waals surface area contributed by atoms with Crippen molar-refractivity contribution < 1.29 is 19.0 Å². The molecule has 2 aromatic rings. The van der Waals surface area contributed by atoms with Crippen LogP contribution in [0.25, 0.3) is 5.57 Å². The summed E-state index contributed by atoms with van der Waals surface area (Å²) < 4.78 is 24.2. The summed E-state index contributed by atoms with van der Waals surface area (Å²) in [6, 6.07) is 12.2. The van der Waals surface area contributed by atoms with Gasteiger partial charge in [-0.25, -0.2) is 4.39 Å².